The quantitative estimate of drug-likeness (QED) is 0.878. The van der Waals surface area contributed by atoms with E-state index in [4.69, 9.17) is 32.7 Å². The van der Waals surface area contributed by atoms with Crippen LogP contribution in [0.4, 0.5) is 4.39 Å². The second-order valence-electron chi connectivity index (χ2n) is 5.33. The van der Waals surface area contributed by atoms with Crippen molar-refractivity contribution >= 4 is 23.2 Å². The predicted molar refractivity (Wildman–Crippen MR) is 89.2 cm³/mol. The highest BCUT2D eigenvalue weighted by Crippen LogP contribution is 2.32. The van der Waals surface area contributed by atoms with Crippen LogP contribution in [-0.4, -0.2) is 25.8 Å². The Hall–Kier alpha value is -1.33. The van der Waals surface area contributed by atoms with Crippen molar-refractivity contribution in [3.63, 3.8) is 0 Å². The SMILES string of the molecule is Fc1cc(Cl)ccc1Oc1cc(Cl)ccc1C[C@H]1CNCCO1. The molecule has 0 aromatic heterocycles. The van der Waals surface area contributed by atoms with Crippen molar-refractivity contribution in [1.82, 2.24) is 5.32 Å². The van der Waals surface area contributed by atoms with E-state index in [2.05, 4.69) is 5.32 Å². The van der Waals surface area contributed by atoms with Crippen LogP contribution in [0.15, 0.2) is 36.4 Å². The minimum Gasteiger partial charge on any atom is -0.454 e. The van der Waals surface area contributed by atoms with Gasteiger partial charge in [0, 0.05) is 29.6 Å². The summed E-state index contributed by atoms with van der Waals surface area (Å²) in [5, 5.41) is 4.14. The van der Waals surface area contributed by atoms with E-state index >= 15 is 0 Å². The minimum absolute atomic E-state index is 0.0577. The number of ether oxygens (including phenoxy) is 2. The van der Waals surface area contributed by atoms with Gasteiger partial charge < -0.3 is 14.8 Å². The highest BCUT2D eigenvalue weighted by molar-refractivity contribution is 6.31. The van der Waals surface area contributed by atoms with Gasteiger partial charge >= 0.3 is 0 Å². The van der Waals surface area contributed by atoms with Gasteiger partial charge in [-0.3, -0.25) is 0 Å². The molecule has 6 heteroatoms. The van der Waals surface area contributed by atoms with Crippen molar-refractivity contribution in [2.45, 2.75) is 12.5 Å². The Labute approximate surface area is 144 Å². The Morgan fingerprint density at radius 2 is 1.91 bits per heavy atom. The molecule has 1 heterocycles. The summed E-state index contributed by atoms with van der Waals surface area (Å²) in [4.78, 5) is 0. The molecule has 0 amide bonds. The van der Waals surface area contributed by atoms with Crippen molar-refractivity contribution in [3.05, 3.63) is 57.8 Å². The van der Waals surface area contributed by atoms with Crippen molar-refractivity contribution < 1.29 is 13.9 Å². The van der Waals surface area contributed by atoms with Gasteiger partial charge in [-0.1, -0.05) is 29.3 Å². The lowest BCUT2D eigenvalue weighted by Gasteiger charge is -2.24. The van der Waals surface area contributed by atoms with Crippen LogP contribution in [0.25, 0.3) is 0 Å². The van der Waals surface area contributed by atoms with Gasteiger partial charge in [-0.05, 0) is 35.9 Å². The van der Waals surface area contributed by atoms with E-state index in [-0.39, 0.29) is 11.9 Å². The first-order valence-corrected chi connectivity index (χ1v) is 8.11. The second-order valence-corrected chi connectivity index (χ2v) is 6.20. The van der Waals surface area contributed by atoms with Crippen molar-refractivity contribution in [3.8, 4) is 11.5 Å². The van der Waals surface area contributed by atoms with Gasteiger partial charge in [-0.15, -0.1) is 0 Å². The van der Waals surface area contributed by atoms with E-state index in [0.29, 0.717) is 28.8 Å². The third kappa shape index (κ3) is 4.36. The molecule has 3 rings (SSSR count). The number of benzene rings is 2. The summed E-state index contributed by atoms with van der Waals surface area (Å²) in [6.45, 7) is 2.31. The normalized spacial score (nSPS) is 18.0. The molecule has 1 aliphatic heterocycles. The third-order valence-electron chi connectivity index (χ3n) is 3.60. The van der Waals surface area contributed by atoms with Crippen LogP contribution in [0.5, 0.6) is 11.5 Å². The highest BCUT2D eigenvalue weighted by Gasteiger charge is 2.17. The number of rotatable bonds is 4. The maximum absolute atomic E-state index is 13.9. The number of hydrogen-bond acceptors (Lipinski definition) is 3. The summed E-state index contributed by atoms with van der Waals surface area (Å²) in [7, 11) is 0. The Morgan fingerprint density at radius 1 is 1.13 bits per heavy atom. The van der Waals surface area contributed by atoms with Gasteiger partial charge in [0.05, 0.1) is 12.7 Å². The first-order valence-electron chi connectivity index (χ1n) is 7.35. The molecule has 1 aliphatic rings. The average molecular weight is 356 g/mol. The van der Waals surface area contributed by atoms with E-state index in [0.717, 1.165) is 18.7 Å². The molecule has 2 aromatic carbocycles. The zero-order valence-corrected chi connectivity index (χ0v) is 13.8. The molecule has 1 atom stereocenters. The van der Waals surface area contributed by atoms with E-state index in [1.54, 1.807) is 18.2 Å². The maximum atomic E-state index is 13.9. The number of morpholine rings is 1. The molecule has 0 radical (unpaired) electrons. The summed E-state index contributed by atoms with van der Waals surface area (Å²) in [6, 6.07) is 9.65. The molecular weight excluding hydrogens is 340 g/mol. The topological polar surface area (TPSA) is 30.5 Å². The smallest absolute Gasteiger partial charge is 0.167 e. The van der Waals surface area contributed by atoms with E-state index in [9.17, 15) is 4.39 Å². The van der Waals surface area contributed by atoms with Gasteiger partial charge in [-0.2, -0.15) is 0 Å². The van der Waals surface area contributed by atoms with Crippen LogP contribution < -0.4 is 10.1 Å². The molecule has 122 valence electrons. The van der Waals surface area contributed by atoms with Crippen LogP contribution in [0, 0.1) is 5.82 Å². The second kappa shape index (κ2) is 7.49. The Balaban J connectivity index is 1.83. The number of nitrogens with one attached hydrogen (secondary N) is 1. The van der Waals surface area contributed by atoms with Crippen molar-refractivity contribution in [2.24, 2.45) is 0 Å². The molecule has 2 aromatic rings. The first-order chi connectivity index (χ1) is 11.1. The third-order valence-corrected chi connectivity index (χ3v) is 4.07. The van der Waals surface area contributed by atoms with E-state index in [1.807, 2.05) is 6.07 Å². The molecule has 3 nitrogen and oxygen atoms in total. The zero-order valence-electron chi connectivity index (χ0n) is 12.3. The molecule has 0 saturated carbocycles. The molecule has 0 unspecified atom stereocenters. The summed E-state index contributed by atoms with van der Waals surface area (Å²) in [5.41, 5.74) is 0.914. The molecule has 0 bridgehead atoms. The van der Waals surface area contributed by atoms with Crippen molar-refractivity contribution in [2.75, 3.05) is 19.7 Å². The van der Waals surface area contributed by atoms with Crippen LogP contribution in [0.2, 0.25) is 10.0 Å². The fourth-order valence-electron chi connectivity index (χ4n) is 2.46. The summed E-state index contributed by atoms with van der Waals surface area (Å²) in [6.07, 6.45) is 0.719. The molecular formula is C17H16Cl2FNO2. The van der Waals surface area contributed by atoms with Gasteiger partial charge in [0.2, 0.25) is 0 Å². The maximum Gasteiger partial charge on any atom is 0.167 e. The van der Waals surface area contributed by atoms with Crippen LogP contribution in [0.3, 0.4) is 0 Å². The summed E-state index contributed by atoms with van der Waals surface area (Å²) >= 11 is 11.8. The van der Waals surface area contributed by atoms with Gasteiger partial charge in [-0.25, -0.2) is 4.39 Å². The van der Waals surface area contributed by atoms with E-state index in [1.165, 1.54) is 12.1 Å². The molecule has 23 heavy (non-hydrogen) atoms. The van der Waals surface area contributed by atoms with Crippen LogP contribution >= 0.6 is 23.2 Å². The van der Waals surface area contributed by atoms with Gasteiger partial charge in [0.15, 0.2) is 11.6 Å². The van der Waals surface area contributed by atoms with Gasteiger partial charge in [0.25, 0.3) is 0 Å². The van der Waals surface area contributed by atoms with Crippen LogP contribution in [-0.2, 0) is 11.2 Å². The molecule has 1 saturated heterocycles. The molecule has 1 fully saturated rings. The van der Waals surface area contributed by atoms with E-state index < -0.39 is 5.82 Å². The number of hydrogen-bond donors (Lipinski definition) is 1. The Kier molecular flexibility index (Phi) is 5.38. The fraction of sp³-hybridized carbons (Fsp3) is 0.294. The number of halogens is 3. The fourth-order valence-corrected chi connectivity index (χ4v) is 2.79. The minimum atomic E-state index is -0.515. The lowest BCUT2D eigenvalue weighted by Crippen LogP contribution is -2.39. The standard InChI is InChI=1S/C17H16Cl2FNO2/c18-12-3-4-16(15(20)8-12)23-17-9-13(19)2-1-11(17)7-14-10-21-5-6-22-14/h1-4,8-9,14,21H,5-7,10H2/t14-/m0/s1. The van der Waals surface area contributed by atoms with Crippen LogP contribution in [0.1, 0.15) is 5.56 Å². The average Bonchev–Trinajstić information content (AvgIpc) is 2.54. The zero-order chi connectivity index (χ0) is 16.2. The largest absolute Gasteiger partial charge is 0.454 e. The molecule has 0 spiro atoms. The Bertz CT molecular complexity index is 690. The highest BCUT2D eigenvalue weighted by atomic mass is 35.5. The van der Waals surface area contributed by atoms with Gasteiger partial charge in [0.1, 0.15) is 5.75 Å². The Morgan fingerprint density at radius 3 is 2.65 bits per heavy atom. The first kappa shape index (κ1) is 16.5. The predicted octanol–water partition coefficient (Wildman–Crippen LogP) is 4.46. The summed E-state index contributed by atoms with van der Waals surface area (Å²) in [5.74, 6) is 0.118. The summed E-state index contributed by atoms with van der Waals surface area (Å²) < 4.78 is 25.4. The monoisotopic (exact) mass is 355 g/mol. The lowest BCUT2D eigenvalue weighted by molar-refractivity contribution is 0.0289. The lowest BCUT2D eigenvalue weighted by atomic mass is 10.1. The van der Waals surface area contributed by atoms with Crippen molar-refractivity contribution in [1.29, 1.82) is 0 Å². The molecule has 0 aliphatic carbocycles. The molecule has 1 N–H and O–H groups in total.